The molecule has 1 aromatic rings. The van der Waals surface area contributed by atoms with Crippen LogP contribution in [-0.4, -0.2) is 20.2 Å². The second-order valence-electron chi connectivity index (χ2n) is 0.902. The molecule has 1 heterocycles. The molecular formula is C2H3N4-. The molecule has 0 radical (unpaired) electrons. The van der Waals surface area contributed by atoms with E-state index in [-0.39, 0.29) is 0 Å². The Morgan fingerprint density at radius 1 is 1.67 bits per heavy atom. The summed E-state index contributed by atoms with van der Waals surface area (Å²) in [5, 5.41) is 9.94. The first-order chi connectivity index (χ1) is 2.89. The lowest BCUT2D eigenvalue weighted by Gasteiger charge is -1.88. The molecule has 0 fully saturated rings. The summed E-state index contributed by atoms with van der Waals surface area (Å²) < 4.78 is 1.40. The Hall–Kier alpha value is -0.930. The number of hydrogen-bond donors (Lipinski definition) is 0. The van der Waals surface area contributed by atoms with E-state index >= 15 is 0 Å². The molecule has 4 nitrogen and oxygen atoms in total. The lowest BCUT2D eigenvalue weighted by molar-refractivity contribution is 0.707. The highest BCUT2D eigenvalue weighted by molar-refractivity contribution is 4.30. The highest BCUT2D eigenvalue weighted by atomic mass is 15.5. The molecule has 0 aromatic carbocycles. The van der Waals surface area contributed by atoms with Gasteiger partial charge in [-0.3, -0.25) is 0 Å². The molecule has 32 valence electrons. The van der Waals surface area contributed by atoms with Gasteiger partial charge in [-0.15, -0.1) is 0 Å². The lowest BCUT2D eigenvalue weighted by atomic mass is 11.2. The van der Waals surface area contributed by atoms with E-state index in [1.807, 2.05) is 0 Å². The Bertz CT molecular complexity index is 109. The fourth-order valence-electron chi connectivity index (χ4n) is 0.185. The highest BCUT2D eigenvalue weighted by Crippen LogP contribution is 1.56. The van der Waals surface area contributed by atoms with E-state index < -0.39 is 0 Å². The van der Waals surface area contributed by atoms with Crippen LogP contribution in [-0.2, 0) is 7.05 Å². The molecule has 0 N–H and O–H groups in total. The van der Waals surface area contributed by atoms with Gasteiger partial charge in [0.1, 0.15) is 0 Å². The molecule has 0 unspecified atom stereocenters. The first-order valence-electron chi connectivity index (χ1n) is 1.49. The maximum absolute atomic E-state index is 3.42. The summed E-state index contributed by atoms with van der Waals surface area (Å²) in [5.74, 6) is 0. The van der Waals surface area contributed by atoms with E-state index in [0.717, 1.165) is 0 Å². The molecule has 0 saturated heterocycles. The van der Waals surface area contributed by atoms with Gasteiger partial charge in [0.2, 0.25) is 0 Å². The van der Waals surface area contributed by atoms with Crippen LogP contribution in [0.2, 0.25) is 0 Å². The van der Waals surface area contributed by atoms with E-state index in [2.05, 4.69) is 21.9 Å². The highest BCUT2D eigenvalue weighted by Gasteiger charge is 1.56. The molecule has 0 amide bonds. The van der Waals surface area contributed by atoms with Crippen molar-refractivity contribution in [2.75, 3.05) is 0 Å². The molecule has 0 aliphatic heterocycles. The number of aryl methyl sites for hydroxylation is 1. The van der Waals surface area contributed by atoms with Gasteiger partial charge >= 0.3 is 0 Å². The Labute approximate surface area is 34.8 Å². The van der Waals surface area contributed by atoms with Crippen LogP contribution < -0.4 is 0 Å². The van der Waals surface area contributed by atoms with E-state index in [4.69, 9.17) is 0 Å². The summed E-state index contributed by atoms with van der Waals surface area (Å²) in [6.07, 6.45) is 2.44. The van der Waals surface area contributed by atoms with Crippen molar-refractivity contribution in [3.63, 3.8) is 0 Å². The predicted octanol–water partition coefficient (Wildman–Crippen LogP) is -0.990. The Morgan fingerprint density at radius 3 is 2.67 bits per heavy atom. The maximum Gasteiger partial charge on any atom is -0.00461 e. The summed E-state index contributed by atoms with van der Waals surface area (Å²) in [6.45, 7) is 0. The number of aromatic nitrogens is 4. The van der Waals surface area contributed by atoms with Crippen molar-refractivity contribution >= 4 is 0 Å². The van der Waals surface area contributed by atoms with Gasteiger partial charge in [-0.05, 0) is 7.05 Å². The van der Waals surface area contributed by atoms with Crippen LogP contribution in [0.15, 0.2) is 0 Å². The fourth-order valence-corrected chi connectivity index (χ4v) is 0.185. The first kappa shape index (κ1) is 3.27. The van der Waals surface area contributed by atoms with Gasteiger partial charge < -0.3 is 9.78 Å². The van der Waals surface area contributed by atoms with Crippen molar-refractivity contribution in [2.45, 2.75) is 0 Å². The number of tetrazole rings is 1. The third-order valence-corrected chi connectivity index (χ3v) is 0.408. The van der Waals surface area contributed by atoms with Gasteiger partial charge in [0.05, 0.1) is 0 Å². The normalized spacial score (nSPS) is 8.83. The van der Waals surface area contributed by atoms with Gasteiger partial charge in [-0.1, -0.05) is 10.4 Å². The molecule has 6 heavy (non-hydrogen) atoms. The van der Waals surface area contributed by atoms with Gasteiger partial charge in [0, 0.05) is 0 Å². The van der Waals surface area contributed by atoms with E-state index in [1.54, 1.807) is 7.05 Å². The SMILES string of the molecule is Cn1[c-]nnn1. The quantitative estimate of drug-likeness (QED) is 0.378. The molecule has 4 heteroatoms. The molecule has 0 saturated carbocycles. The van der Waals surface area contributed by atoms with Gasteiger partial charge in [0.15, 0.2) is 0 Å². The topological polar surface area (TPSA) is 43.6 Å². The Balaban J connectivity index is 3.05. The van der Waals surface area contributed by atoms with Crippen LogP contribution >= 0.6 is 0 Å². The van der Waals surface area contributed by atoms with E-state index in [1.165, 1.54) is 4.68 Å². The van der Waals surface area contributed by atoms with Crippen LogP contribution in [0.1, 0.15) is 0 Å². The second-order valence-corrected chi connectivity index (χ2v) is 0.902. The van der Waals surface area contributed by atoms with E-state index in [0.29, 0.717) is 0 Å². The van der Waals surface area contributed by atoms with Crippen molar-refractivity contribution in [2.24, 2.45) is 7.05 Å². The summed E-state index contributed by atoms with van der Waals surface area (Å²) in [6, 6.07) is 0. The molecule has 0 aliphatic rings. The van der Waals surface area contributed by atoms with Gasteiger partial charge in [-0.25, -0.2) is 6.33 Å². The van der Waals surface area contributed by atoms with Crippen molar-refractivity contribution in [3.05, 3.63) is 6.33 Å². The molecule has 0 aliphatic carbocycles. The minimum atomic E-state index is 1.40. The summed E-state index contributed by atoms with van der Waals surface area (Å²) in [4.78, 5) is 0. The van der Waals surface area contributed by atoms with Crippen molar-refractivity contribution in [1.29, 1.82) is 0 Å². The van der Waals surface area contributed by atoms with Crippen LogP contribution in [0, 0.1) is 6.33 Å². The zero-order chi connectivity index (χ0) is 4.41. The standard InChI is InChI=1S/C2H3N4/c1-6-2-3-4-5-6/h1H3/q-1. The average molecular weight is 83.1 g/mol. The smallest absolute Gasteiger partial charge is 0.00461 e. The number of hydrogen-bond acceptors (Lipinski definition) is 3. The molecule has 0 atom stereocenters. The Morgan fingerprint density at radius 2 is 2.50 bits per heavy atom. The number of rotatable bonds is 0. The lowest BCUT2D eigenvalue weighted by Crippen LogP contribution is -1.86. The largest absolute Gasteiger partial charge is 0.410 e. The zero-order valence-corrected chi connectivity index (χ0v) is 3.29. The summed E-state index contributed by atoms with van der Waals surface area (Å²) >= 11 is 0. The third kappa shape index (κ3) is 0.357. The molecule has 0 spiro atoms. The minimum absolute atomic E-state index is 1.40. The first-order valence-corrected chi connectivity index (χ1v) is 1.49. The predicted molar refractivity (Wildman–Crippen MR) is 17.6 cm³/mol. The average Bonchev–Trinajstić information content (AvgIpc) is 1.86. The fraction of sp³-hybridized carbons (Fsp3) is 0.500. The molecule has 1 rings (SSSR count). The van der Waals surface area contributed by atoms with E-state index in [9.17, 15) is 0 Å². The number of nitrogens with zero attached hydrogens (tertiary/aromatic N) is 4. The van der Waals surface area contributed by atoms with Crippen molar-refractivity contribution in [3.8, 4) is 0 Å². The Kier molecular flexibility index (Phi) is 0.567. The maximum atomic E-state index is 3.42. The van der Waals surface area contributed by atoms with Crippen molar-refractivity contribution < 1.29 is 0 Å². The molecule has 1 aromatic heterocycles. The van der Waals surface area contributed by atoms with Crippen LogP contribution in [0.25, 0.3) is 0 Å². The van der Waals surface area contributed by atoms with Crippen LogP contribution in [0.4, 0.5) is 0 Å². The third-order valence-electron chi connectivity index (χ3n) is 0.408. The van der Waals surface area contributed by atoms with Gasteiger partial charge in [0.25, 0.3) is 0 Å². The van der Waals surface area contributed by atoms with Crippen LogP contribution in [0.3, 0.4) is 0 Å². The zero-order valence-electron chi connectivity index (χ0n) is 3.29. The van der Waals surface area contributed by atoms with Crippen molar-refractivity contribution in [1.82, 2.24) is 20.2 Å². The monoisotopic (exact) mass is 83.0 g/mol. The minimum Gasteiger partial charge on any atom is -0.410 e. The summed E-state index contributed by atoms with van der Waals surface area (Å²) in [5.41, 5.74) is 0. The second kappa shape index (κ2) is 1.04. The summed E-state index contributed by atoms with van der Waals surface area (Å²) in [7, 11) is 1.71. The molecule has 0 bridgehead atoms. The molecular weight excluding hydrogens is 80.0 g/mol. The van der Waals surface area contributed by atoms with Gasteiger partial charge in [-0.2, -0.15) is 0 Å². The van der Waals surface area contributed by atoms with Crippen LogP contribution in [0.5, 0.6) is 0 Å².